The van der Waals surface area contributed by atoms with Gasteiger partial charge in [0.15, 0.2) is 0 Å². The summed E-state index contributed by atoms with van der Waals surface area (Å²) in [5.41, 5.74) is 0. The molecule has 0 heterocycles. The van der Waals surface area contributed by atoms with Crippen molar-refractivity contribution in [2.75, 3.05) is 4.71 Å². The van der Waals surface area contributed by atoms with Crippen LogP contribution in [0.25, 0.3) is 0 Å². The van der Waals surface area contributed by atoms with Crippen molar-refractivity contribution in [3.05, 3.63) is 91.0 Å². The predicted molar refractivity (Wildman–Crippen MR) is 94.7 cm³/mol. The van der Waals surface area contributed by atoms with Crippen LogP contribution in [0.2, 0.25) is 0 Å². The Kier molecular flexibility index (Phi) is 4.47. The van der Waals surface area contributed by atoms with Crippen LogP contribution in [0.1, 0.15) is 0 Å². The molecule has 0 aliphatic heterocycles. The van der Waals surface area contributed by atoms with E-state index in [-0.39, 0.29) is 0 Å². The molecule has 0 aliphatic carbocycles. The maximum atomic E-state index is 6.61. The Morgan fingerprint density at radius 1 is 0.524 bits per heavy atom. The third kappa shape index (κ3) is 2.66. The van der Waals surface area contributed by atoms with Crippen LogP contribution in [0, 0.1) is 0 Å². The topological polar surface area (TPSA) is 0 Å². The molecule has 0 atom stereocenters. The van der Waals surface area contributed by atoms with Crippen LogP contribution < -0.4 is 13.2 Å². The molecule has 0 bridgehead atoms. The molecule has 0 amide bonds. The van der Waals surface area contributed by atoms with E-state index in [9.17, 15) is 0 Å². The van der Waals surface area contributed by atoms with Gasteiger partial charge < -0.3 is 0 Å². The molecule has 0 radical (unpaired) electrons. The van der Waals surface area contributed by atoms with Crippen LogP contribution in [-0.4, -0.2) is 18.0 Å². The first-order chi connectivity index (χ1) is 10.4. The summed E-state index contributed by atoms with van der Waals surface area (Å²) < 4.78 is 4.91. The van der Waals surface area contributed by atoms with E-state index in [0.717, 1.165) is 0 Å². The van der Waals surface area contributed by atoms with Gasteiger partial charge in [-0.1, -0.05) is 0 Å². The average molecular weight is 353 g/mol. The molecule has 3 aromatic carbocycles. The van der Waals surface area contributed by atoms with Gasteiger partial charge in [-0.25, -0.2) is 0 Å². The summed E-state index contributed by atoms with van der Waals surface area (Å²) in [6.07, 6.45) is 0. The molecular weight excluding hydrogens is 336 g/mol. The maximum absolute atomic E-state index is 6.61. The minimum atomic E-state index is -2.77. The zero-order valence-corrected chi connectivity index (χ0v) is 14.6. The molecule has 0 unspecified atom stereocenters. The van der Waals surface area contributed by atoms with Crippen molar-refractivity contribution in [3.63, 3.8) is 0 Å². The van der Waals surface area contributed by atoms with Crippen molar-refractivity contribution < 1.29 is 0 Å². The second kappa shape index (κ2) is 6.51. The zero-order chi connectivity index (χ0) is 14.5. The molecule has 0 saturated heterocycles. The van der Waals surface area contributed by atoms with E-state index in [1.807, 2.05) is 0 Å². The molecule has 3 aromatic rings. The number of alkyl halides is 1. The standard InChI is InChI=1S/C19H17ClGe/c20-16-21(17-10-4-1-5-11-17,18-12-6-2-7-13-18)19-14-8-3-9-15-19/h1-15H,16H2. The van der Waals surface area contributed by atoms with Crippen LogP contribution in [0.5, 0.6) is 0 Å². The molecule has 0 saturated carbocycles. The van der Waals surface area contributed by atoms with Gasteiger partial charge in [0.2, 0.25) is 0 Å². The molecular formula is C19H17ClGe. The molecule has 0 spiro atoms. The third-order valence-corrected chi connectivity index (χ3v) is 15.2. The van der Waals surface area contributed by atoms with Crippen LogP contribution in [0.4, 0.5) is 0 Å². The van der Waals surface area contributed by atoms with Gasteiger partial charge in [-0.05, 0) is 0 Å². The van der Waals surface area contributed by atoms with E-state index in [2.05, 4.69) is 91.0 Å². The number of rotatable bonds is 4. The first-order valence-corrected chi connectivity index (χ1v) is 12.3. The average Bonchev–Trinajstić information content (AvgIpc) is 2.59. The van der Waals surface area contributed by atoms with Crippen molar-refractivity contribution >= 4 is 38.1 Å². The summed E-state index contributed by atoms with van der Waals surface area (Å²) in [4.78, 5) is 0. The Hall–Kier alpha value is -1.51. The van der Waals surface area contributed by atoms with Gasteiger partial charge in [0.05, 0.1) is 0 Å². The van der Waals surface area contributed by atoms with Crippen LogP contribution in [0.3, 0.4) is 0 Å². The Morgan fingerprint density at radius 3 is 1.05 bits per heavy atom. The predicted octanol–water partition coefficient (Wildman–Crippen LogP) is 2.93. The van der Waals surface area contributed by atoms with E-state index in [0.29, 0.717) is 4.71 Å². The van der Waals surface area contributed by atoms with Gasteiger partial charge in [-0.2, -0.15) is 0 Å². The second-order valence-corrected chi connectivity index (χ2v) is 14.5. The van der Waals surface area contributed by atoms with E-state index in [1.54, 1.807) is 0 Å². The summed E-state index contributed by atoms with van der Waals surface area (Å²) >= 11 is 3.84. The quantitative estimate of drug-likeness (QED) is 0.500. The molecule has 0 aliphatic rings. The van der Waals surface area contributed by atoms with Crippen molar-refractivity contribution in [1.82, 2.24) is 0 Å². The van der Waals surface area contributed by atoms with E-state index in [4.69, 9.17) is 11.6 Å². The van der Waals surface area contributed by atoms with E-state index >= 15 is 0 Å². The summed E-state index contributed by atoms with van der Waals surface area (Å²) in [6, 6.07) is 32.4. The van der Waals surface area contributed by atoms with Crippen molar-refractivity contribution in [2.24, 2.45) is 0 Å². The van der Waals surface area contributed by atoms with Crippen LogP contribution >= 0.6 is 11.6 Å². The van der Waals surface area contributed by atoms with Crippen LogP contribution in [0.15, 0.2) is 91.0 Å². The summed E-state index contributed by atoms with van der Waals surface area (Å²) in [6.45, 7) is 0. The van der Waals surface area contributed by atoms with Crippen molar-refractivity contribution in [1.29, 1.82) is 0 Å². The molecule has 21 heavy (non-hydrogen) atoms. The molecule has 0 N–H and O–H groups in total. The molecule has 104 valence electrons. The third-order valence-electron chi connectivity index (χ3n) is 4.00. The summed E-state index contributed by atoms with van der Waals surface area (Å²) in [5, 5.41) is 0. The molecule has 0 fully saturated rings. The van der Waals surface area contributed by atoms with Crippen LogP contribution in [-0.2, 0) is 0 Å². The van der Waals surface area contributed by atoms with Crippen molar-refractivity contribution in [2.45, 2.75) is 0 Å². The first kappa shape index (κ1) is 14.4. The fourth-order valence-corrected chi connectivity index (χ4v) is 13.2. The molecule has 0 aromatic heterocycles. The van der Waals surface area contributed by atoms with Gasteiger partial charge in [-0.15, -0.1) is 0 Å². The Balaban J connectivity index is 2.29. The van der Waals surface area contributed by atoms with Gasteiger partial charge in [-0.3, -0.25) is 0 Å². The zero-order valence-electron chi connectivity index (χ0n) is 11.7. The second-order valence-electron chi connectivity index (χ2n) is 5.14. The van der Waals surface area contributed by atoms with Crippen molar-refractivity contribution in [3.8, 4) is 0 Å². The van der Waals surface area contributed by atoms with Gasteiger partial charge in [0.1, 0.15) is 0 Å². The van der Waals surface area contributed by atoms with Gasteiger partial charge >= 0.3 is 134 Å². The van der Waals surface area contributed by atoms with E-state index < -0.39 is 13.3 Å². The summed E-state index contributed by atoms with van der Waals surface area (Å²) in [5.74, 6) is 0. The number of hydrogen-bond acceptors (Lipinski definition) is 0. The number of benzene rings is 3. The Labute approximate surface area is 133 Å². The molecule has 2 heteroatoms. The van der Waals surface area contributed by atoms with E-state index in [1.165, 1.54) is 13.2 Å². The Morgan fingerprint density at radius 2 is 0.810 bits per heavy atom. The number of halogens is 1. The normalized spacial score (nSPS) is 11.3. The monoisotopic (exact) mass is 354 g/mol. The number of hydrogen-bond donors (Lipinski definition) is 0. The SMILES string of the molecule is Cl[CH2][Ge]([c]1ccccc1)([c]1ccccc1)[c]1ccccc1. The molecule has 0 nitrogen and oxygen atoms in total. The minimum absolute atomic E-state index is 0.693. The van der Waals surface area contributed by atoms with Gasteiger partial charge in [0, 0.05) is 0 Å². The Bertz CT molecular complexity index is 584. The first-order valence-electron chi connectivity index (χ1n) is 7.10. The fraction of sp³-hybridized carbons (Fsp3) is 0.0526. The fourth-order valence-electron chi connectivity index (χ4n) is 2.90. The summed E-state index contributed by atoms with van der Waals surface area (Å²) in [7, 11) is 0. The van der Waals surface area contributed by atoms with Gasteiger partial charge in [0.25, 0.3) is 0 Å². The molecule has 3 rings (SSSR count).